The zero-order valence-electron chi connectivity index (χ0n) is 9.00. The van der Waals surface area contributed by atoms with E-state index in [1.54, 1.807) is 39.1 Å². The molecule has 1 aromatic carbocycles. The van der Waals surface area contributed by atoms with E-state index in [1.807, 2.05) is 0 Å². The van der Waals surface area contributed by atoms with Crippen molar-refractivity contribution in [1.29, 1.82) is 0 Å². The van der Waals surface area contributed by atoms with Crippen LogP contribution in [0.3, 0.4) is 0 Å². The van der Waals surface area contributed by atoms with Crippen molar-refractivity contribution in [2.24, 2.45) is 0 Å². The summed E-state index contributed by atoms with van der Waals surface area (Å²) in [6.07, 6.45) is -0.146. The highest BCUT2D eigenvalue weighted by atomic mass is 35.5. The monoisotopic (exact) mass is 227 g/mol. The fourth-order valence-electron chi connectivity index (χ4n) is 1.11. The van der Waals surface area contributed by atoms with Crippen LogP contribution in [0.25, 0.3) is 0 Å². The van der Waals surface area contributed by atoms with Gasteiger partial charge < -0.3 is 10.1 Å². The summed E-state index contributed by atoms with van der Waals surface area (Å²) in [5, 5.41) is 3.34. The van der Waals surface area contributed by atoms with E-state index in [4.69, 9.17) is 16.3 Å². The second kappa shape index (κ2) is 5.03. The fourth-order valence-corrected chi connectivity index (χ4v) is 1.31. The lowest BCUT2D eigenvalue weighted by molar-refractivity contribution is 0.0378. The highest BCUT2D eigenvalue weighted by Gasteiger charge is 2.13. The topological polar surface area (TPSA) is 38.3 Å². The Balaban J connectivity index is 2.96. The average Bonchev–Trinajstić information content (AvgIpc) is 2.17. The van der Waals surface area contributed by atoms with Crippen LogP contribution in [0.4, 0.5) is 5.69 Å². The normalized spacial score (nSPS) is 10.2. The molecule has 3 nitrogen and oxygen atoms in total. The van der Waals surface area contributed by atoms with Crippen LogP contribution >= 0.6 is 11.6 Å². The Morgan fingerprint density at radius 3 is 2.67 bits per heavy atom. The summed E-state index contributed by atoms with van der Waals surface area (Å²) in [7, 11) is 1.78. The van der Waals surface area contributed by atoms with Gasteiger partial charge in [0.25, 0.3) is 0 Å². The summed E-state index contributed by atoms with van der Waals surface area (Å²) in [6.45, 7) is 3.60. The van der Waals surface area contributed by atoms with Crippen molar-refractivity contribution >= 4 is 23.3 Å². The third-order valence-electron chi connectivity index (χ3n) is 1.82. The first-order valence-electron chi connectivity index (χ1n) is 4.73. The van der Waals surface area contributed by atoms with Crippen LogP contribution in [-0.2, 0) is 4.74 Å². The van der Waals surface area contributed by atoms with Crippen LogP contribution in [0.5, 0.6) is 0 Å². The Labute approximate surface area is 94.4 Å². The van der Waals surface area contributed by atoms with Crippen molar-refractivity contribution in [3.05, 3.63) is 28.8 Å². The standard InChI is InChI=1S/C11H14ClNO2/c1-7(2)15-11(14)9-6-8(13-3)4-5-10(9)12/h4-7,13H,1-3H3. The summed E-state index contributed by atoms with van der Waals surface area (Å²) in [4.78, 5) is 11.6. The van der Waals surface area contributed by atoms with Gasteiger partial charge in [-0.05, 0) is 32.0 Å². The number of carbonyl (C=O) groups is 1. The van der Waals surface area contributed by atoms with E-state index in [-0.39, 0.29) is 6.10 Å². The van der Waals surface area contributed by atoms with Crippen LogP contribution in [-0.4, -0.2) is 19.1 Å². The molecule has 82 valence electrons. The molecule has 0 amide bonds. The second-order valence-electron chi connectivity index (χ2n) is 3.40. The highest BCUT2D eigenvalue weighted by Crippen LogP contribution is 2.21. The number of nitrogens with one attached hydrogen (secondary N) is 1. The number of benzene rings is 1. The van der Waals surface area contributed by atoms with E-state index in [1.165, 1.54) is 0 Å². The molecule has 0 aliphatic heterocycles. The molecule has 0 aliphatic rings. The van der Waals surface area contributed by atoms with E-state index in [9.17, 15) is 4.79 Å². The largest absolute Gasteiger partial charge is 0.459 e. The highest BCUT2D eigenvalue weighted by molar-refractivity contribution is 6.33. The van der Waals surface area contributed by atoms with Gasteiger partial charge in [-0.3, -0.25) is 0 Å². The quantitative estimate of drug-likeness (QED) is 0.807. The third-order valence-corrected chi connectivity index (χ3v) is 2.15. The van der Waals surface area contributed by atoms with Gasteiger partial charge in [0.15, 0.2) is 0 Å². The van der Waals surface area contributed by atoms with Gasteiger partial charge in [-0.1, -0.05) is 11.6 Å². The van der Waals surface area contributed by atoms with Gasteiger partial charge in [0.1, 0.15) is 0 Å². The van der Waals surface area contributed by atoms with Crippen molar-refractivity contribution in [3.8, 4) is 0 Å². The molecule has 0 radical (unpaired) electrons. The lowest BCUT2D eigenvalue weighted by Crippen LogP contribution is -2.12. The summed E-state index contributed by atoms with van der Waals surface area (Å²) >= 11 is 5.90. The summed E-state index contributed by atoms with van der Waals surface area (Å²) < 4.78 is 5.07. The number of esters is 1. The van der Waals surface area contributed by atoms with Crippen molar-refractivity contribution in [3.63, 3.8) is 0 Å². The Hall–Kier alpha value is -1.22. The van der Waals surface area contributed by atoms with Gasteiger partial charge >= 0.3 is 5.97 Å². The average molecular weight is 228 g/mol. The Morgan fingerprint density at radius 2 is 2.13 bits per heavy atom. The van der Waals surface area contributed by atoms with Gasteiger partial charge in [-0.2, -0.15) is 0 Å². The van der Waals surface area contributed by atoms with Crippen LogP contribution in [0.1, 0.15) is 24.2 Å². The van der Waals surface area contributed by atoms with Crippen LogP contribution < -0.4 is 5.32 Å². The number of hydrogen-bond acceptors (Lipinski definition) is 3. The van der Waals surface area contributed by atoms with E-state index in [2.05, 4.69) is 5.32 Å². The molecule has 0 unspecified atom stereocenters. The van der Waals surface area contributed by atoms with Crippen molar-refractivity contribution < 1.29 is 9.53 Å². The molecule has 1 N–H and O–H groups in total. The lowest BCUT2D eigenvalue weighted by Gasteiger charge is -2.10. The molecule has 1 aromatic rings. The van der Waals surface area contributed by atoms with E-state index in [0.717, 1.165) is 5.69 Å². The zero-order valence-corrected chi connectivity index (χ0v) is 9.76. The number of hydrogen-bond donors (Lipinski definition) is 1. The molecule has 0 saturated heterocycles. The smallest absolute Gasteiger partial charge is 0.339 e. The van der Waals surface area contributed by atoms with Gasteiger partial charge in [0, 0.05) is 12.7 Å². The van der Waals surface area contributed by atoms with Crippen LogP contribution in [0.2, 0.25) is 5.02 Å². The zero-order chi connectivity index (χ0) is 11.4. The minimum absolute atomic E-state index is 0.146. The minimum atomic E-state index is -0.396. The van der Waals surface area contributed by atoms with Crippen LogP contribution in [0, 0.1) is 0 Å². The van der Waals surface area contributed by atoms with E-state index >= 15 is 0 Å². The van der Waals surface area contributed by atoms with E-state index < -0.39 is 5.97 Å². The first kappa shape index (κ1) is 11.9. The predicted octanol–water partition coefficient (Wildman–Crippen LogP) is 2.95. The first-order chi connectivity index (χ1) is 7.04. The number of halogens is 1. The van der Waals surface area contributed by atoms with E-state index in [0.29, 0.717) is 10.6 Å². The summed E-state index contributed by atoms with van der Waals surface area (Å²) in [5.74, 6) is -0.396. The second-order valence-corrected chi connectivity index (χ2v) is 3.81. The first-order valence-corrected chi connectivity index (χ1v) is 5.10. The van der Waals surface area contributed by atoms with Crippen LogP contribution in [0.15, 0.2) is 18.2 Å². The molecule has 15 heavy (non-hydrogen) atoms. The lowest BCUT2D eigenvalue weighted by atomic mass is 10.2. The molecule has 0 heterocycles. The molecule has 0 aromatic heterocycles. The fraction of sp³-hybridized carbons (Fsp3) is 0.364. The maximum absolute atomic E-state index is 11.6. The molecular formula is C11H14ClNO2. The number of anilines is 1. The maximum Gasteiger partial charge on any atom is 0.339 e. The molecule has 1 rings (SSSR count). The molecule has 0 spiro atoms. The Kier molecular flexibility index (Phi) is 3.97. The molecule has 0 aliphatic carbocycles. The van der Waals surface area contributed by atoms with Gasteiger partial charge in [-0.25, -0.2) is 4.79 Å². The van der Waals surface area contributed by atoms with Crippen molar-refractivity contribution in [1.82, 2.24) is 0 Å². The van der Waals surface area contributed by atoms with Crippen molar-refractivity contribution in [2.45, 2.75) is 20.0 Å². The van der Waals surface area contributed by atoms with Gasteiger partial charge in [0.2, 0.25) is 0 Å². The number of rotatable bonds is 3. The van der Waals surface area contributed by atoms with Gasteiger partial charge in [-0.15, -0.1) is 0 Å². The summed E-state index contributed by atoms with van der Waals surface area (Å²) in [6, 6.07) is 5.14. The Bertz CT molecular complexity index is 364. The minimum Gasteiger partial charge on any atom is -0.459 e. The predicted molar refractivity (Wildman–Crippen MR) is 61.6 cm³/mol. The van der Waals surface area contributed by atoms with Gasteiger partial charge in [0.05, 0.1) is 16.7 Å². The SMILES string of the molecule is CNc1ccc(Cl)c(C(=O)OC(C)C)c1. The molecule has 0 fully saturated rings. The molecular weight excluding hydrogens is 214 g/mol. The number of carbonyl (C=O) groups excluding carboxylic acids is 1. The molecule has 0 saturated carbocycles. The summed E-state index contributed by atoms with van der Waals surface area (Å²) in [5.41, 5.74) is 1.22. The molecule has 0 atom stereocenters. The maximum atomic E-state index is 11.6. The Morgan fingerprint density at radius 1 is 1.47 bits per heavy atom. The molecule has 0 bridgehead atoms. The third kappa shape index (κ3) is 3.13. The molecule has 4 heteroatoms. The van der Waals surface area contributed by atoms with Crippen molar-refractivity contribution in [2.75, 3.05) is 12.4 Å². The number of ether oxygens (including phenoxy) is 1.